The second-order valence-corrected chi connectivity index (χ2v) is 1.18. The van der Waals surface area contributed by atoms with Gasteiger partial charge >= 0.3 is 5.97 Å². The topological polar surface area (TPSA) is 76.1 Å². The van der Waals surface area contributed by atoms with Gasteiger partial charge in [0.05, 0.1) is 7.11 Å². The third-order valence-corrected chi connectivity index (χ3v) is 0.692. The third-order valence-electron chi connectivity index (χ3n) is 0.692. The summed E-state index contributed by atoms with van der Waals surface area (Å²) in [7, 11) is 1.18. The molecular formula is C5H6N2O2. The van der Waals surface area contributed by atoms with Crippen molar-refractivity contribution >= 4 is 5.97 Å². The molecule has 48 valence electrons. The first kappa shape index (κ1) is 7.50. The zero-order valence-corrected chi connectivity index (χ0v) is 4.92. The van der Waals surface area contributed by atoms with Crippen molar-refractivity contribution in [3.05, 3.63) is 11.8 Å². The van der Waals surface area contributed by atoms with Gasteiger partial charge in [-0.1, -0.05) is 0 Å². The average molecular weight is 126 g/mol. The van der Waals surface area contributed by atoms with Crippen LogP contribution in [0.1, 0.15) is 0 Å². The fourth-order valence-corrected chi connectivity index (χ4v) is 0.261. The molecule has 2 N–H and O–H groups in total. The average Bonchev–Trinajstić information content (AvgIpc) is 1.90. The number of ether oxygens (including phenoxy) is 1. The molecular weight excluding hydrogens is 120 g/mol. The number of esters is 1. The molecule has 0 bridgehead atoms. The molecule has 9 heavy (non-hydrogen) atoms. The van der Waals surface area contributed by atoms with Gasteiger partial charge in [0, 0.05) is 6.20 Å². The van der Waals surface area contributed by atoms with Crippen LogP contribution in [0.15, 0.2) is 11.8 Å². The fourth-order valence-electron chi connectivity index (χ4n) is 0.261. The molecule has 0 spiro atoms. The van der Waals surface area contributed by atoms with E-state index in [0.29, 0.717) is 0 Å². The van der Waals surface area contributed by atoms with Gasteiger partial charge in [-0.2, -0.15) is 5.26 Å². The number of hydrogen-bond acceptors (Lipinski definition) is 4. The molecule has 4 heteroatoms. The van der Waals surface area contributed by atoms with Crippen molar-refractivity contribution in [2.75, 3.05) is 7.11 Å². The number of hydrogen-bond donors (Lipinski definition) is 1. The molecule has 0 fully saturated rings. The third kappa shape index (κ3) is 1.82. The summed E-state index contributed by atoms with van der Waals surface area (Å²) in [5, 5.41) is 8.13. The van der Waals surface area contributed by atoms with Gasteiger partial charge in [-0.3, -0.25) is 0 Å². The Bertz CT molecular complexity index is 178. The number of carbonyl (C=O) groups excluding carboxylic acids is 1. The number of rotatable bonds is 1. The van der Waals surface area contributed by atoms with Gasteiger partial charge in [0.25, 0.3) is 0 Å². The summed E-state index contributed by atoms with van der Waals surface area (Å²) in [5.74, 6) is -0.708. The number of nitriles is 1. The minimum atomic E-state index is -0.708. The number of nitrogens with two attached hydrogens (primary N) is 1. The van der Waals surface area contributed by atoms with E-state index in [1.165, 1.54) is 7.11 Å². The first-order valence-corrected chi connectivity index (χ1v) is 2.16. The molecule has 0 rings (SSSR count). The minimum absolute atomic E-state index is 0.183. The van der Waals surface area contributed by atoms with Gasteiger partial charge in [0.2, 0.25) is 0 Å². The molecule has 0 atom stereocenters. The van der Waals surface area contributed by atoms with Gasteiger partial charge in [0.1, 0.15) is 6.07 Å². The number of carbonyl (C=O) groups is 1. The Kier molecular flexibility index (Phi) is 2.91. The molecule has 0 saturated carbocycles. The van der Waals surface area contributed by atoms with Crippen LogP contribution >= 0.6 is 0 Å². The van der Waals surface area contributed by atoms with Crippen molar-refractivity contribution in [1.29, 1.82) is 5.26 Å². The Morgan fingerprint density at radius 1 is 1.89 bits per heavy atom. The van der Waals surface area contributed by atoms with E-state index in [2.05, 4.69) is 4.74 Å². The quantitative estimate of drug-likeness (QED) is 0.292. The molecule has 4 nitrogen and oxygen atoms in total. The largest absolute Gasteiger partial charge is 0.465 e. The molecule has 0 aliphatic carbocycles. The van der Waals surface area contributed by atoms with Crippen molar-refractivity contribution in [2.24, 2.45) is 5.73 Å². The van der Waals surface area contributed by atoms with Crippen LogP contribution in [0.4, 0.5) is 0 Å². The Morgan fingerprint density at radius 3 is 2.56 bits per heavy atom. The van der Waals surface area contributed by atoms with Crippen LogP contribution in [0.5, 0.6) is 0 Å². The van der Waals surface area contributed by atoms with Gasteiger partial charge in [-0.25, -0.2) is 4.79 Å². The second kappa shape index (κ2) is 3.50. The standard InChI is InChI=1S/C5H6N2O2/c1-9-5(8)4(2-6)3-7/h2H,6H2,1H3/b4-2-. The van der Waals surface area contributed by atoms with E-state index >= 15 is 0 Å². The van der Waals surface area contributed by atoms with Gasteiger partial charge in [-0.15, -0.1) is 0 Å². The Labute approximate surface area is 52.5 Å². The summed E-state index contributed by atoms with van der Waals surface area (Å²) in [6.45, 7) is 0. The van der Waals surface area contributed by atoms with E-state index < -0.39 is 5.97 Å². The predicted molar refractivity (Wildman–Crippen MR) is 29.9 cm³/mol. The van der Waals surface area contributed by atoms with Crippen molar-refractivity contribution in [1.82, 2.24) is 0 Å². The zero-order chi connectivity index (χ0) is 7.28. The van der Waals surface area contributed by atoms with E-state index in [9.17, 15) is 4.79 Å². The molecule has 0 aromatic rings. The van der Waals surface area contributed by atoms with E-state index in [1.54, 1.807) is 6.07 Å². The van der Waals surface area contributed by atoms with E-state index in [-0.39, 0.29) is 5.57 Å². The first-order valence-electron chi connectivity index (χ1n) is 2.16. The Balaban J connectivity index is 4.19. The number of nitrogens with zero attached hydrogens (tertiary/aromatic N) is 1. The second-order valence-electron chi connectivity index (χ2n) is 1.18. The van der Waals surface area contributed by atoms with Crippen LogP contribution in [0.3, 0.4) is 0 Å². The van der Waals surface area contributed by atoms with Crippen molar-refractivity contribution in [3.63, 3.8) is 0 Å². The summed E-state index contributed by atoms with van der Waals surface area (Å²) in [5.41, 5.74) is 4.69. The highest BCUT2D eigenvalue weighted by atomic mass is 16.5. The van der Waals surface area contributed by atoms with Crippen LogP contribution in [0.25, 0.3) is 0 Å². The highest BCUT2D eigenvalue weighted by Crippen LogP contribution is 1.90. The van der Waals surface area contributed by atoms with Gasteiger partial charge in [-0.05, 0) is 0 Å². The fraction of sp³-hybridized carbons (Fsp3) is 0.200. The lowest BCUT2D eigenvalue weighted by Crippen LogP contribution is -2.04. The molecule has 0 aromatic heterocycles. The molecule has 0 amide bonds. The lowest BCUT2D eigenvalue weighted by atomic mass is 10.3. The van der Waals surface area contributed by atoms with Crippen LogP contribution < -0.4 is 5.73 Å². The van der Waals surface area contributed by atoms with E-state index in [4.69, 9.17) is 11.0 Å². The number of methoxy groups -OCH3 is 1. The summed E-state index contributed by atoms with van der Waals surface area (Å²) in [4.78, 5) is 10.4. The highest BCUT2D eigenvalue weighted by molar-refractivity contribution is 5.92. The summed E-state index contributed by atoms with van der Waals surface area (Å²) in [6.07, 6.45) is 0.909. The first-order chi connectivity index (χ1) is 4.26. The maximum Gasteiger partial charge on any atom is 0.350 e. The van der Waals surface area contributed by atoms with Crippen LogP contribution in [-0.4, -0.2) is 13.1 Å². The van der Waals surface area contributed by atoms with Crippen molar-refractivity contribution in [3.8, 4) is 6.07 Å². The van der Waals surface area contributed by atoms with Crippen molar-refractivity contribution in [2.45, 2.75) is 0 Å². The van der Waals surface area contributed by atoms with Crippen LogP contribution in [0, 0.1) is 11.3 Å². The SMILES string of the molecule is COC(=O)/C(C#N)=C\N. The maximum absolute atomic E-state index is 10.4. The van der Waals surface area contributed by atoms with Crippen molar-refractivity contribution < 1.29 is 9.53 Å². The highest BCUT2D eigenvalue weighted by Gasteiger charge is 2.05. The normalized spacial score (nSPS) is 10.0. The molecule has 0 aliphatic rings. The molecule has 0 saturated heterocycles. The molecule has 0 unspecified atom stereocenters. The van der Waals surface area contributed by atoms with E-state index in [1.807, 2.05) is 0 Å². The smallest absolute Gasteiger partial charge is 0.350 e. The summed E-state index contributed by atoms with van der Waals surface area (Å²) in [6, 6.07) is 1.56. The monoisotopic (exact) mass is 126 g/mol. The zero-order valence-electron chi connectivity index (χ0n) is 4.92. The lowest BCUT2D eigenvalue weighted by molar-refractivity contribution is -0.135. The minimum Gasteiger partial charge on any atom is -0.465 e. The summed E-state index contributed by atoms with van der Waals surface area (Å²) < 4.78 is 4.18. The lowest BCUT2D eigenvalue weighted by Gasteiger charge is -1.91. The molecule has 0 aromatic carbocycles. The van der Waals surface area contributed by atoms with Crippen LogP contribution in [0.2, 0.25) is 0 Å². The summed E-state index contributed by atoms with van der Waals surface area (Å²) >= 11 is 0. The van der Waals surface area contributed by atoms with Crippen LogP contribution in [-0.2, 0) is 9.53 Å². The Morgan fingerprint density at radius 2 is 2.44 bits per heavy atom. The maximum atomic E-state index is 10.4. The predicted octanol–water partition coefficient (Wildman–Crippen LogP) is -0.474. The molecule has 0 heterocycles. The Hall–Kier alpha value is -1.50. The van der Waals surface area contributed by atoms with E-state index in [0.717, 1.165) is 6.20 Å². The van der Waals surface area contributed by atoms with Gasteiger partial charge < -0.3 is 10.5 Å². The van der Waals surface area contributed by atoms with Gasteiger partial charge in [0.15, 0.2) is 5.57 Å². The molecule has 0 radical (unpaired) electrons. The molecule has 0 aliphatic heterocycles.